The third-order valence-corrected chi connectivity index (χ3v) is 2.88. The van der Waals surface area contributed by atoms with Crippen molar-refractivity contribution in [1.82, 2.24) is 19.7 Å². The van der Waals surface area contributed by atoms with Crippen molar-refractivity contribution in [2.45, 2.75) is 32.9 Å². The Morgan fingerprint density at radius 3 is 2.76 bits per heavy atom. The summed E-state index contributed by atoms with van der Waals surface area (Å²) in [6, 6.07) is 0. The van der Waals surface area contributed by atoms with Crippen molar-refractivity contribution in [2.75, 3.05) is 5.73 Å². The molecule has 0 radical (unpaired) electrons. The van der Waals surface area contributed by atoms with Crippen LogP contribution in [0.1, 0.15) is 19.7 Å². The van der Waals surface area contributed by atoms with Gasteiger partial charge in [0.05, 0.1) is 23.2 Å². The number of aryl methyl sites for hydroxylation is 1. The molecule has 0 aliphatic carbocycles. The van der Waals surface area contributed by atoms with Crippen molar-refractivity contribution >= 4 is 16.5 Å². The van der Waals surface area contributed by atoms with Gasteiger partial charge in [-0.3, -0.25) is 0 Å². The lowest BCUT2D eigenvalue weighted by Gasteiger charge is -2.17. The second-order valence-electron chi connectivity index (χ2n) is 4.52. The summed E-state index contributed by atoms with van der Waals surface area (Å²) in [5.74, 6) is 1.36. The van der Waals surface area contributed by atoms with Gasteiger partial charge in [-0.25, -0.2) is 14.6 Å². The fourth-order valence-corrected chi connectivity index (χ4v) is 2.18. The highest BCUT2D eigenvalue weighted by atomic mass is 32.1. The van der Waals surface area contributed by atoms with E-state index in [1.54, 1.807) is 24.7 Å². The molecular weight excluding hydrogens is 238 g/mol. The zero-order valence-electron chi connectivity index (χ0n) is 10.0. The molecule has 2 aromatic heterocycles. The van der Waals surface area contributed by atoms with E-state index < -0.39 is 5.60 Å². The molecule has 0 atom stereocenters. The summed E-state index contributed by atoms with van der Waals surface area (Å²) in [7, 11) is 0. The van der Waals surface area contributed by atoms with E-state index in [0.29, 0.717) is 23.3 Å². The molecule has 0 unspecified atom stereocenters. The minimum atomic E-state index is -0.842. The Kier molecular flexibility index (Phi) is 2.88. The van der Waals surface area contributed by atoms with E-state index in [1.165, 1.54) is 11.3 Å². The number of thiazole rings is 1. The summed E-state index contributed by atoms with van der Waals surface area (Å²) in [6.07, 6.45) is 1.67. The van der Waals surface area contributed by atoms with Crippen LogP contribution >= 0.6 is 11.3 Å². The molecule has 2 heterocycles. The summed E-state index contributed by atoms with van der Waals surface area (Å²) in [5, 5.41) is 14.6. The van der Waals surface area contributed by atoms with Gasteiger partial charge in [0.15, 0.2) is 11.0 Å². The lowest BCUT2D eigenvalue weighted by atomic mass is 10.1. The van der Waals surface area contributed by atoms with E-state index in [9.17, 15) is 5.11 Å². The van der Waals surface area contributed by atoms with E-state index in [2.05, 4.69) is 15.1 Å². The first-order chi connectivity index (χ1) is 7.85. The molecule has 6 nitrogen and oxygen atoms in total. The smallest absolute Gasteiger partial charge is 0.180 e. The molecule has 92 valence electrons. The van der Waals surface area contributed by atoms with Gasteiger partial charge >= 0.3 is 0 Å². The SMILES string of the molecule is Cc1nc(-c2cnc(N)s2)n(CC(C)(C)O)n1. The maximum atomic E-state index is 9.83. The van der Waals surface area contributed by atoms with E-state index in [-0.39, 0.29) is 0 Å². The number of anilines is 1. The largest absolute Gasteiger partial charge is 0.389 e. The third kappa shape index (κ3) is 2.80. The van der Waals surface area contributed by atoms with Gasteiger partial charge in [0.2, 0.25) is 0 Å². The van der Waals surface area contributed by atoms with Gasteiger partial charge in [-0.05, 0) is 20.8 Å². The van der Waals surface area contributed by atoms with E-state index in [4.69, 9.17) is 5.73 Å². The maximum absolute atomic E-state index is 9.83. The zero-order valence-corrected chi connectivity index (χ0v) is 10.8. The van der Waals surface area contributed by atoms with Gasteiger partial charge < -0.3 is 10.8 Å². The molecule has 0 aliphatic rings. The van der Waals surface area contributed by atoms with Gasteiger partial charge in [0.25, 0.3) is 0 Å². The third-order valence-electron chi connectivity index (χ3n) is 2.06. The molecule has 0 saturated heterocycles. The van der Waals surface area contributed by atoms with Crippen LogP contribution in [0.5, 0.6) is 0 Å². The maximum Gasteiger partial charge on any atom is 0.180 e. The van der Waals surface area contributed by atoms with Crippen molar-refractivity contribution in [3.05, 3.63) is 12.0 Å². The summed E-state index contributed by atoms with van der Waals surface area (Å²) >= 11 is 1.36. The fourth-order valence-electron chi connectivity index (χ4n) is 1.51. The summed E-state index contributed by atoms with van der Waals surface area (Å²) < 4.78 is 1.68. The number of hydrogen-bond acceptors (Lipinski definition) is 6. The zero-order chi connectivity index (χ0) is 12.6. The molecular formula is C10H15N5OS. The van der Waals surface area contributed by atoms with Crippen molar-refractivity contribution < 1.29 is 5.11 Å². The number of nitrogens with two attached hydrogens (primary N) is 1. The van der Waals surface area contributed by atoms with Gasteiger partial charge in [-0.15, -0.1) is 0 Å². The van der Waals surface area contributed by atoms with Gasteiger partial charge in [0, 0.05) is 0 Å². The number of nitrogen functional groups attached to an aromatic ring is 1. The first kappa shape index (κ1) is 12.0. The highest BCUT2D eigenvalue weighted by Gasteiger charge is 2.19. The molecule has 2 rings (SSSR count). The summed E-state index contributed by atoms with van der Waals surface area (Å²) in [6.45, 7) is 5.65. The van der Waals surface area contributed by atoms with Crippen molar-refractivity contribution in [1.29, 1.82) is 0 Å². The predicted molar refractivity (Wildman–Crippen MR) is 66.6 cm³/mol. The van der Waals surface area contributed by atoms with Crippen LogP contribution in [-0.4, -0.2) is 30.5 Å². The predicted octanol–water partition coefficient (Wildman–Crippen LogP) is 1.06. The molecule has 0 spiro atoms. The van der Waals surface area contributed by atoms with Crippen LogP contribution in [-0.2, 0) is 6.54 Å². The molecule has 0 aliphatic heterocycles. The van der Waals surface area contributed by atoms with Crippen LogP contribution in [0.4, 0.5) is 5.13 Å². The minimum Gasteiger partial charge on any atom is -0.389 e. The van der Waals surface area contributed by atoms with Crippen molar-refractivity contribution in [3.8, 4) is 10.7 Å². The normalized spacial score (nSPS) is 12.0. The van der Waals surface area contributed by atoms with E-state index in [1.807, 2.05) is 6.92 Å². The molecule has 0 amide bonds. The van der Waals surface area contributed by atoms with Crippen LogP contribution in [0.15, 0.2) is 6.20 Å². The average molecular weight is 253 g/mol. The van der Waals surface area contributed by atoms with E-state index in [0.717, 1.165) is 4.88 Å². The fraction of sp³-hybridized carbons (Fsp3) is 0.500. The standard InChI is InChI=1S/C10H15N5OS/c1-6-13-8(7-4-12-9(11)17-7)15(14-6)5-10(2,3)16/h4,16H,5H2,1-3H3,(H2,11,12). The number of nitrogens with zero attached hydrogens (tertiary/aromatic N) is 4. The average Bonchev–Trinajstić information content (AvgIpc) is 2.70. The lowest BCUT2D eigenvalue weighted by Crippen LogP contribution is -2.27. The highest BCUT2D eigenvalue weighted by molar-refractivity contribution is 7.18. The molecule has 0 aromatic carbocycles. The highest BCUT2D eigenvalue weighted by Crippen LogP contribution is 2.26. The Morgan fingerprint density at radius 2 is 2.24 bits per heavy atom. The lowest BCUT2D eigenvalue weighted by molar-refractivity contribution is 0.0581. The first-order valence-corrected chi connectivity index (χ1v) is 6.02. The van der Waals surface area contributed by atoms with Crippen LogP contribution in [0.2, 0.25) is 0 Å². The molecule has 0 fully saturated rings. The van der Waals surface area contributed by atoms with Crippen LogP contribution in [0.3, 0.4) is 0 Å². The second-order valence-corrected chi connectivity index (χ2v) is 5.58. The molecule has 17 heavy (non-hydrogen) atoms. The minimum absolute atomic E-state index is 0.376. The Labute approximate surface area is 103 Å². The molecule has 7 heteroatoms. The second kappa shape index (κ2) is 4.08. The first-order valence-electron chi connectivity index (χ1n) is 5.21. The number of aromatic nitrogens is 4. The van der Waals surface area contributed by atoms with Gasteiger partial charge in [-0.1, -0.05) is 11.3 Å². The van der Waals surface area contributed by atoms with E-state index >= 15 is 0 Å². The van der Waals surface area contributed by atoms with Gasteiger partial charge in [-0.2, -0.15) is 5.10 Å². The van der Waals surface area contributed by atoms with Gasteiger partial charge in [0.1, 0.15) is 5.82 Å². The molecule has 0 saturated carbocycles. The van der Waals surface area contributed by atoms with Crippen LogP contribution < -0.4 is 5.73 Å². The number of rotatable bonds is 3. The molecule has 3 N–H and O–H groups in total. The Hall–Kier alpha value is -1.47. The van der Waals surface area contributed by atoms with Crippen molar-refractivity contribution in [3.63, 3.8) is 0 Å². The number of aliphatic hydroxyl groups is 1. The van der Waals surface area contributed by atoms with Crippen LogP contribution in [0.25, 0.3) is 10.7 Å². The monoisotopic (exact) mass is 253 g/mol. The Balaban J connectivity index is 2.40. The quantitative estimate of drug-likeness (QED) is 0.853. The topological polar surface area (TPSA) is 89.8 Å². The Bertz CT molecular complexity index is 525. The Morgan fingerprint density at radius 1 is 1.53 bits per heavy atom. The number of hydrogen-bond donors (Lipinski definition) is 2. The summed E-state index contributed by atoms with van der Waals surface area (Å²) in [4.78, 5) is 9.18. The summed E-state index contributed by atoms with van der Waals surface area (Å²) in [5.41, 5.74) is 4.76. The molecule has 2 aromatic rings. The van der Waals surface area contributed by atoms with Crippen molar-refractivity contribution in [2.24, 2.45) is 0 Å². The van der Waals surface area contributed by atoms with Crippen LogP contribution in [0, 0.1) is 6.92 Å². The molecule has 0 bridgehead atoms.